The van der Waals surface area contributed by atoms with Gasteiger partial charge in [0.15, 0.2) is 0 Å². The Balaban J connectivity index is 2.75. The molecule has 0 aliphatic heterocycles. The van der Waals surface area contributed by atoms with E-state index >= 15 is 0 Å². The Hall–Kier alpha value is -1.76. The normalized spacial score (nSPS) is 13.9. The third-order valence-electron chi connectivity index (χ3n) is 3.74. The average molecular weight is 372 g/mol. The number of nitro groups is 1. The van der Waals surface area contributed by atoms with Crippen LogP contribution in [0.15, 0.2) is 30.3 Å². The highest BCUT2D eigenvalue weighted by atomic mass is 31.2. The van der Waals surface area contributed by atoms with Crippen LogP contribution in [-0.2, 0) is 25.0 Å². The lowest BCUT2D eigenvalue weighted by Crippen LogP contribution is -2.38. The van der Waals surface area contributed by atoms with Crippen LogP contribution in [0, 0.1) is 10.1 Å². The van der Waals surface area contributed by atoms with Crippen molar-refractivity contribution in [1.29, 1.82) is 0 Å². The lowest BCUT2D eigenvalue weighted by molar-refractivity contribution is -0.541. The number of nitrogens with zero attached hydrogens (tertiary/aromatic N) is 1. The van der Waals surface area contributed by atoms with E-state index in [4.69, 9.17) is 9.05 Å². The molecule has 0 radical (unpaired) electrons. The molecule has 0 fully saturated rings. The van der Waals surface area contributed by atoms with Gasteiger partial charge in [-0.2, -0.15) is 0 Å². The van der Waals surface area contributed by atoms with Crippen molar-refractivity contribution in [1.82, 2.24) is 5.32 Å². The number of hydrogen-bond acceptors (Lipinski definition) is 6. The van der Waals surface area contributed by atoms with Crippen LogP contribution < -0.4 is 5.32 Å². The first kappa shape index (κ1) is 21.3. The van der Waals surface area contributed by atoms with Crippen molar-refractivity contribution in [2.75, 3.05) is 13.2 Å². The largest absolute Gasteiger partial charge is 0.406 e. The summed E-state index contributed by atoms with van der Waals surface area (Å²) in [5.41, 5.74) is 0.919. The molecule has 140 valence electrons. The molecule has 1 amide bonds. The molecule has 1 N–H and O–H groups in total. The fraction of sp³-hybridized carbons (Fsp3) is 0.562. The van der Waals surface area contributed by atoms with E-state index in [9.17, 15) is 19.5 Å². The van der Waals surface area contributed by atoms with Gasteiger partial charge in [0, 0.05) is 31.2 Å². The van der Waals surface area contributed by atoms with Crippen molar-refractivity contribution < 1.29 is 23.3 Å². The van der Waals surface area contributed by atoms with Gasteiger partial charge in [-0.3, -0.25) is 19.5 Å². The van der Waals surface area contributed by atoms with Crippen LogP contribution in [0.25, 0.3) is 0 Å². The van der Waals surface area contributed by atoms with Crippen LogP contribution in [0.1, 0.15) is 39.2 Å². The summed E-state index contributed by atoms with van der Waals surface area (Å²) in [7, 11) is -4.01. The fourth-order valence-electron chi connectivity index (χ4n) is 2.22. The molecular weight excluding hydrogens is 347 g/mol. The first-order valence-electron chi connectivity index (χ1n) is 8.13. The van der Waals surface area contributed by atoms with E-state index in [1.807, 2.05) is 30.3 Å². The second-order valence-electron chi connectivity index (χ2n) is 5.57. The Morgan fingerprint density at radius 3 is 2.28 bits per heavy atom. The SMILES string of the molecule is CCOP(=O)(OCC)[C@](C)(CCC(=O)NCc1ccccc1)[N+](=O)[O-]. The summed E-state index contributed by atoms with van der Waals surface area (Å²) < 4.78 is 23.1. The van der Waals surface area contributed by atoms with Gasteiger partial charge >= 0.3 is 12.9 Å². The van der Waals surface area contributed by atoms with E-state index in [-0.39, 0.29) is 32.0 Å². The van der Waals surface area contributed by atoms with E-state index in [1.54, 1.807) is 13.8 Å². The molecule has 8 nitrogen and oxygen atoms in total. The Bertz CT molecular complexity index is 614. The van der Waals surface area contributed by atoms with Crippen LogP contribution in [0.2, 0.25) is 0 Å². The van der Waals surface area contributed by atoms with Crippen LogP contribution >= 0.6 is 7.60 Å². The number of amides is 1. The number of carbonyl (C=O) groups excluding carboxylic acids is 1. The quantitative estimate of drug-likeness (QED) is 0.363. The molecular formula is C16H25N2O6P. The molecule has 1 aromatic rings. The van der Waals surface area contributed by atoms with Crippen LogP contribution in [0.4, 0.5) is 0 Å². The smallest absolute Gasteiger partial charge is 0.352 e. The maximum Gasteiger partial charge on any atom is 0.406 e. The second-order valence-corrected chi connectivity index (χ2v) is 8.04. The first-order valence-corrected chi connectivity index (χ1v) is 9.67. The molecule has 1 aromatic carbocycles. The summed E-state index contributed by atoms with van der Waals surface area (Å²) in [5, 5.41) is 12.3. The fourth-order valence-corrected chi connectivity index (χ4v) is 4.12. The minimum Gasteiger partial charge on any atom is -0.352 e. The van der Waals surface area contributed by atoms with Crippen molar-refractivity contribution in [3.8, 4) is 0 Å². The number of hydrogen-bond donors (Lipinski definition) is 1. The molecule has 1 atom stereocenters. The topological polar surface area (TPSA) is 108 Å². The molecule has 0 aliphatic carbocycles. The summed E-state index contributed by atoms with van der Waals surface area (Å²) in [5.74, 6) is -0.364. The molecule has 1 rings (SSSR count). The van der Waals surface area contributed by atoms with Crippen molar-refractivity contribution in [2.45, 2.75) is 45.4 Å². The summed E-state index contributed by atoms with van der Waals surface area (Å²) in [6.07, 6.45) is -0.410. The van der Waals surface area contributed by atoms with Gasteiger partial charge in [0.25, 0.3) is 0 Å². The van der Waals surface area contributed by atoms with E-state index < -0.39 is 17.8 Å². The lowest BCUT2D eigenvalue weighted by Gasteiger charge is -2.28. The van der Waals surface area contributed by atoms with Gasteiger partial charge in [0.2, 0.25) is 5.91 Å². The molecule has 0 bridgehead atoms. The molecule has 0 spiro atoms. The summed E-state index contributed by atoms with van der Waals surface area (Å²) >= 11 is 0. The van der Waals surface area contributed by atoms with Crippen molar-refractivity contribution in [3.63, 3.8) is 0 Å². The maximum absolute atomic E-state index is 12.9. The zero-order chi connectivity index (χ0) is 18.9. The molecule has 0 aliphatic rings. The lowest BCUT2D eigenvalue weighted by atomic mass is 10.1. The predicted octanol–water partition coefficient (Wildman–Crippen LogP) is 3.34. The zero-order valence-electron chi connectivity index (χ0n) is 14.8. The standard InChI is InChI=1S/C16H25N2O6P/c1-4-23-25(22,24-5-2)16(3,18(20)21)12-11-15(19)17-13-14-9-7-6-8-10-14/h6-10H,4-5,11-13H2,1-3H3,(H,17,19)/t16-/m1/s1. The van der Waals surface area contributed by atoms with Crippen LogP contribution in [-0.4, -0.2) is 29.3 Å². The first-order chi connectivity index (χ1) is 11.8. The molecule has 25 heavy (non-hydrogen) atoms. The van der Waals surface area contributed by atoms with Crippen molar-refractivity contribution >= 4 is 13.5 Å². The molecule has 9 heteroatoms. The van der Waals surface area contributed by atoms with Gasteiger partial charge in [-0.15, -0.1) is 0 Å². The third-order valence-corrected chi connectivity index (χ3v) is 6.50. The molecule has 0 aromatic heterocycles. The number of nitrogens with one attached hydrogen (secondary N) is 1. The second kappa shape index (κ2) is 9.65. The Morgan fingerprint density at radius 2 is 1.80 bits per heavy atom. The predicted molar refractivity (Wildman–Crippen MR) is 93.8 cm³/mol. The van der Waals surface area contributed by atoms with Crippen LogP contribution in [0.5, 0.6) is 0 Å². The molecule has 0 unspecified atom stereocenters. The summed E-state index contributed by atoms with van der Waals surface area (Å²) in [6, 6.07) is 9.30. The van der Waals surface area contributed by atoms with Gasteiger partial charge in [0.05, 0.1) is 13.2 Å². The average Bonchev–Trinajstić information content (AvgIpc) is 2.58. The maximum atomic E-state index is 12.9. The van der Waals surface area contributed by atoms with Crippen molar-refractivity contribution in [3.05, 3.63) is 46.0 Å². The minimum atomic E-state index is -4.01. The molecule has 0 saturated carbocycles. The number of carbonyl (C=O) groups is 1. The van der Waals surface area contributed by atoms with E-state index in [0.717, 1.165) is 5.56 Å². The van der Waals surface area contributed by atoms with Gasteiger partial charge in [-0.25, -0.2) is 0 Å². The highest BCUT2D eigenvalue weighted by molar-refractivity contribution is 7.55. The Labute approximate surface area is 147 Å². The van der Waals surface area contributed by atoms with Gasteiger partial charge in [0.1, 0.15) is 0 Å². The zero-order valence-corrected chi connectivity index (χ0v) is 15.7. The van der Waals surface area contributed by atoms with E-state index in [2.05, 4.69) is 5.32 Å². The highest BCUT2D eigenvalue weighted by Gasteiger charge is 2.58. The summed E-state index contributed by atoms with van der Waals surface area (Å²) in [4.78, 5) is 22.9. The van der Waals surface area contributed by atoms with Crippen molar-refractivity contribution in [2.24, 2.45) is 0 Å². The molecule has 0 heterocycles. The van der Waals surface area contributed by atoms with Crippen LogP contribution in [0.3, 0.4) is 0 Å². The summed E-state index contributed by atoms with van der Waals surface area (Å²) in [6.45, 7) is 4.71. The van der Waals surface area contributed by atoms with E-state index in [1.165, 1.54) is 6.92 Å². The monoisotopic (exact) mass is 372 g/mol. The van der Waals surface area contributed by atoms with Gasteiger partial charge < -0.3 is 14.4 Å². The van der Waals surface area contributed by atoms with E-state index in [0.29, 0.717) is 6.54 Å². The molecule has 0 saturated heterocycles. The minimum absolute atomic E-state index is 0.0148. The number of benzene rings is 1. The number of rotatable bonds is 11. The Kier molecular flexibility index (Phi) is 8.22. The highest BCUT2D eigenvalue weighted by Crippen LogP contribution is 2.61. The Morgan fingerprint density at radius 1 is 1.24 bits per heavy atom. The third kappa shape index (κ3) is 5.63. The van der Waals surface area contributed by atoms with Gasteiger partial charge in [-0.05, 0) is 19.4 Å². The van der Waals surface area contributed by atoms with Gasteiger partial charge in [-0.1, -0.05) is 30.3 Å².